The molecule has 2 aliphatic heterocycles. The summed E-state index contributed by atoms with van der Waals surface area (Å²) >= 11 is 0. The number of ether oxygens (including phenoxy) is 4. The Hall–Kier alpha value is -4.61. The Morgan fingerprint density at radius 3 is 2.65 bits per heavy atom. The molecule has 0 radical (unpaired) electrons. The second-order valence-electron chi connectivity index (χ2n) is 12.9. The first-order valence-electron chi connectivity index (χ1n) is 16.7. The van der Waals surface area contributed by atoms with Gasteiger partial charge in [0.1, 0.15) is 29.5 Å². The topological polar surface area (TPSA) is 134 Å². The van der Waals surface area contributed by atoms with Gasteiger partial charge in [-0.1, -0.05) is 24.3 Å². The maximum atomic E-state index is 10.7. The van der Waals surface area contributed by atoms with E-state index in [1.807, 2.05) is 38.4 Å². The van der Waals surface area contributed by atoms with Gasteiger partial charge in [-0.05, 0) is 102 Å². The molecule has 5 N–H and O–H groups in total. The van der Waals surface area contributed by atoms with E-state index in [4.69, 9.17) is 18.9 Å². The van der Waals surface area contributed by atoms with Gasteiger partial charge < -0.3 is 39.6 Å². The van der Waals surface area contributed by atoms with Crippen LogP contribution in [0.5, 0.6) is 28.7 Å². The second-order valence-corrected chi connectivity index (χ2v) is 12.9. The molecule has 4 aromatic carbocycles. The Labute approximate surface area is 285 Å². The summed E-state index contributed by atoms with van der Waals surface area (Å²) in [5.74, 6) is 1.95. The summed E-state index contributed by atoms with van der Waals surface area (Å²) in [4.78, 5) is 4.56. The molecular weight excluding hydrogens is 622 g/mol. The second kappa shape index (κ2) is 13.7. The molecule has 0 fully saturated rings. The number of aliphatic hydroxyl groups is 1. The van der Waals surface area contributed by atoms with Gasteiger partial charge in [0.15, 0.2) is 17.6 Å². The highest BCUT2D eigenvalue weighted by atomic mass is 16.6. The summed E-state index contributed by atoms with van der Waals surface area (Å²) in [6, 6.07) is 19.2. The Morgan fingerprint density at radius 1 is 0.980 bits per heavy atom. The lowest BCUT2D eigenvalue weighted by Crippen LogP contribution is -2.54. The molecule has 0 saturated carbocycles. The summed E-state index contributed by atoms with van der Waals surface area (Å²) in [5.41, 5.74) is 6.27. The smallest absolute Gasteiger partial charge is 0.160 e. The minimum absolute atomic E-state index is 0.0398. The molecule has 256 valence electrons. The molecule has 3 aliphatic rings. The number of fused-ring (bicyclic) bond motifs is 6. The van der Waals surface area contributed by atoms with Gasteiger partial charge in [0, 0.05) is 30.2 Å². The van der Waals surface area contributed by atoms with Crippen molar-refractivity contribution in [2.45, 2.75) is 36.9 Å². The van der Waals surface area contributed by atoms with Gasteiger partial charge in [-0.3, -0.25) is 10.3 Å². The van der Waals surface area contributed by atoms with Crippen molar-refractivity contribution in [3.8, 4) is 39.9 Å². The highest BCUT2D eigenvalue weighted by Crippen LogP contribution is 2.54. The minimum atomic E-state index is -0.849. The van der Waals surface area contributed by atoms with Crippen LogP contribution in [0, 0.1) is 0 Å². The fourth-order valence-corrected chi connectivity index (χ4v) is 7.74. The Kier molecular flexibility index (Phi) is 9.21. The molecule has 1 aliphatic carbocycles. The molecule has 49 heavy (non-hydrogen) atoms. The number of nitrogens with zero attached hydrogens (tertiary/aromatic N) is 1. The van der Waals surface area contributed by atoms with E-state index in [1.54, 1.807) is 18.2 Å². The van der Waals surface area contributed by atoms with E-state index in [1.165, 1.54) is 12.7 Å². The zero-order valence-electron chi connectivity index (χ0n) is 28.1. The molecule has 3 atom stereocenters. The van der Waals surface area contributed by atoms with Gasteiger partial charge in [0.25, 0.3) is 0 Å². The van der Waals surface area contributed by atoms with E-state index in [9.17, 15) is 15.3 Å². The highest BCUT2D eigenvalue weighted by molar-refractivity contribution is 5.83. The van der Waals surface area contributed by atoms with E-state index in [-0.39, 0.29) is 30.6 Å². The molecule has 4 aromatic rings. The molecule has 0 saturated heterocycles. The van der Waals surface area contributed by atoms with E-state index in [0.717, 1.165) is 50.4 Å². The van der Waals surface area contributed by atoms with Crippen LogP contribution in [-0.2, 0) is 24.0 Å². The van der Waals surface area contributed by atoms with Crippen LogP contribution < -0.4 is 35.4 Å². The number of phenolic OH excluding ortho intramolecular Hbond substituents is 2. The summed E-state index contributed by atoms with van der Waals surface area (Å²) in [6.45, 7) is 1.45. The zero-order chi connectivity index (χ0) is 34.1. The maximum Gasteiger partial charge on any atom is 0.160 e. The quantitative estimate of drug-likeness (QED) is 0.145. The first-order chi connectivity index (χ1) is 23.9. The van der Waals surface area contributed by atoms with Crippen molar-refractivity contribution in [1.29, 1.82) is 0 Å². The van der Waals surface area contributed by atoms with E-state index in [0.29, 0.717) is 49.9 Å². The van der Waals surface area contributed by atoms with Gasteiger partial charge in [-0.2, -0.15) is 0 Å². The molecule has 0 aromatic heterocycles. The standard InChI is InChI=1S/C39H43N3O7/c1-40-21-39(48-22-41-2)20-31-30-16-26(15-23-4-8-32-24(14-23)10-11-42-32)29-18-27(44)6-7-28(29)37(30)36(47-13-12-43)19-34(31)49-38(39)25-5-9-33(45)35(17-25)46-3/h4-10,14,17-19,26,38,40-41,43-45H,11-13,15-16,20-22H2,1-3H3. The van der Waals surface area contributed by atoms with E-state index >= 15 is 0 Å². The Bertz CT molecular complexity index is 2000. The third kappa shape index (κ3) is 6.10. The van der Waals surface area contributed by atoms with Crippen molar-refractivity contribution in [2.75, 3.05) is 54.2 Å². The van der Waals surface area contributed by atoms with Crippen LogP contribution >= 0.6 is 0 Å². The van der Waals surface area contributed by atoms with Gasteiger partial charge >= 0.3 is 0 Å². The van der Waals surface area contributed by atoms with Crippen LogP contribution in [0.25, 0.3) is 17.2 Å². The monoisotopic (exact) mass is 665 g/mol. The van der Waals surface area contributed by atoms with Crippen LogP contribution in [-0.4, -0.2) is 75.2 Å². The zero-order valence-corrected chi connectivity index (χ0v) is 28.1. The van der Waals surface area contributed by atoms with Gasteiger partial charge in [-0.25, -0.2) is 0 Å². The summed E-state index contributed by atoms with van der Waals surface area (Å²) in [6.07, 6.45) is 3.55. The predicted octanol–water partition coefficient (Wildman–Crippen LogP) is 3.27. The van der Waals surface area contributed by atoms with Crippen molar-refractivity contribution in [3.05, 3.63) is 99.1 Å². The molecule has 7 rings (SSSR count). The third-order valence-corrected chi connectivity index (χ3v) is 9.85. The summed E-state index contributed by atoms with van der Waals surface area (Å²) in [7, 11) is 5.27. The molecule has 2 heterocycles. The highest BCUT2D eigenvalue weighted by Gasteiger charge is 2.48. The third-order valence-electron chi connectivity index (χ3n) is 9.85. The molecule has 0 bridgehead atoms. The number of rotatable bonds is 12. The molecule has 10 nitrogen and oxygen atoms in total. The van der Waals surface area contributed by atoms with Gasteiger partial charge in [-0.15, -0.1) is 0 Å². The molecule has 0 spiro atoms. The first kappa shape index (κ1) is 32.9. The van der Waals surface area contributed by atoms with E-state index in [2.05, 4.69) is 39.9 Å². The largest absolute Gasteiger partial charge is 0.508 e. The number of methoxy groups -OCH3 is 1. The first-order valence-corrected chi connectivity index (χ1v) is 16.7. The van der Waals surface area contributed by atoms with Crippen molar-refractivity contribution in [3.63, 3.8) is 0 Å². The Balaban J connectivity index is 1.40. The molecular formula is C39H43N3O7. The number of aliphatic hydroxyl groups excluding tert-OH is 1. The maximum absolute atomic E-state index is 10.7. The van der Waals surface area contributed by atoms with Crippen molar-refractivity contribution in [1.82, 2.24) is 10.6 Å². The van der Waals surface area contributed by atoms with Gasteiger partial charge in [0.05, 0.1) is 32.3 Å². The van der Waals surface area contributed by atoms with Crippen molar-refractivity contribution in [2.24, 2.45) is 4.99 Å². The fraction of sp³-hybridized carbons (Fsp3) is 0.359. The van der Waals surface area contributed by atoms with Gasteiger partial charge in [0.2, 0.25) is 0 Å². The van der Waals surface area contributed by atoms with Crippen LogP contribution in [0.3, 0.4) is 0 Å². The lowest BCUT2D eigenvalue weighted by molar-refractivity contribution is -0.127. The van der Waals surface area contributed by atoms with Crippen molar-refractivity contribution >= 4 is 6.08 Å². The lowest BCUT2D eigenvalue weighted by atomic mass is 9.71. The average Bonchev–Trinajstić information content (AvgIpc) is 3.58. The number of hydrogen-bond acceptors (Lipinski definition) is 10. The predicted molar refractivity (Wildman–Crippen MR) is 186 cm³/mol. The summed E-state index contributed by atoms with van der Waals surface area (Å²) in [5, 5.41) is 39.6. The molecule has 3 unspecified atom stereocenters. The van der Waals surface area contributed by atoms with Crippen LogP contribution in [0.1, 0.15) is 39.8 Å². The summed E-state index contributed by atoms with van der Waals surface area (Å²) < 4.78 is 25.4. The molecule has 0 amide bonds. The number of nitrogens with one attached hydrogen (secondary N) is 2. The van der Waals surface area contributed by atoms with Crippen molar-refractivity contribution < 1.29 is 34.3 Å². The lowest BCUT2D eigenvalue weighted by Gasteiger charge is -2.46. The fourth-order valence-electron chi connectivity index (χ4n) is 7.74. The number of benzene rings is 4. The number of phenols is 2. The Morgan fingerprint density at radius 2 is 1.86 bits per heavy atom. The SMILES string of the molecule is CNCOC1(CNC)Cc2c(cc(OCCO)c3c2CC(Cc2ccc4c(c2)=CCN=4)c2cc(O)ccc2-3)OC1c1ccc(O)c(OC)c1. The number of likely N-dealkylation sites (N-methyl/N-ethyl adjacent to an activating group) is 1. The van der Waals surface area contributed by atoms with Crippen LogP contribution in [0.4, 0.5) is 0 Å². The molecule has 10 heteroatoms. The minimum Gasteiger partial charge on any atom is -0.508 e. The number of aromatic hydroxyl groups is 2. The van der Waals surface area contributed by atoms with Crippen LogP contribution in [0.2, 0.25) is 0 Å². The average molecular weight is 666 g/mol. The number of hydrogen-bond donors (Lipinski definition) is 5. The van der Waals surface area contributed by atoms with Crippen LogP contribution in [0.15, 0.2) is 65.7 Å². The normalized spacial score (nSPS) is 20.2. The van der Waals surface area contributed by atoms with E-state index < -0.39 is 11.7 Å².